The number of carbonyl (C=O) groups excluding carboxylic acids is 1. The normalized spacial score (nSPS) is 21.5. The lowest BCUT2D eigenvalue weighted by molar-refractivity contribution is -0.155. The fourth-order valence-corrected chi connectivity index (χ4v) is 5.12. The van der Waals surface area contributed by atoms with E-state index in [1.807, 2.05) is 13.0 Å². The number of benzene rings is 3. The molecule has 2 nitrogen and oxygen atoms in total. The summed E-state index contributed by atoms with van der Waals surface area (Å²) in [6, 6.07) is 16.9. The minimum absolute atomic E-state index is 0.0246. The third-order valence-electron chi connectivity index (χ3n) is 7.16. The van der Waals surface area contributed by atoms with Crippen molar-refractivity contribution in [3.63, 3.8) is 0 Å². The second-order valence-electron chi connectivity index (χ2n) is 9.03. The Kier molecular flexibility index (Phi) is 6.38. The summed E-state index contributed by atoms with van der Waals surface area (Å²) in [6.07, 6.45) is 5.23. The third-order valence-corrected chi connectivity index (χ3v) is 7.44. The van der Waals surface area contributed by atoms with E-state index < -0.39 is 0 Å². The molecule has 0 heterocycles. The summed E-state index contributed by atoms with van der Waals surface area (Å²) < 4.78 is 5.90. The van der Waals surface area contributed by atoms with Crippen molar-refractivity contribution in [2.75, 3.05) is 0 Å². The lowest BCUT2D eigenvalue weighted by atomic mass is 9.75. The van der Waals surface area contributed by atoms with Crippen LogP contribution in [0.3, 0.4) is 0 Å². The molecule has 4 rings (SSSR count). The van der Waals surface area contributed by atoms with E-state index in [-0.39, 0.29) is 18.0 Å². The maximum Gasteiger partial charge on any atom is 0.309 e. The summed E-state index contributed by atoms with van der Waals surface area (Å²) in [6.45, 7) is 6.58. The predicted molar refractivity (Wildman–Crippen MR) is 128 cm³/mol. The fraction of sp³-hybridized carbons (Fsp3) is 0.444. The summed E-state index contributed by atoms with van der Waals surface area (Å²) in [7, 11) is 0. The molecule has 3 heteroatoms. The largest absolute Gasteiger partial charge is 0.458 e. The molecular weight excluding hydrogens is 388 g/mol. The third kappa shape index (κ3) is 4.37. The molecule has 3 aromatic rings. The predicted octanol–water partition coefficient (Wildman–Crippen LogP) is 7.74. The molecule has 0 N–H and O–H groups in total. The van der Waals surface area contributed by atoms with Crippen molar-refractivity contribution in [3.8, 4) is 0 Å². The van der Waals surface area contributed by atoms with E-state index in [9.17, 15) is 4.79 Å². The van der Waals surface area contributed by atoms with Crippen molar-refractivity contribution in [1.82, 2.24) is 0 Å². The van der Waals surface area contributed by atoms with Gasteiger partial charge in [-0.2, -0.15) is 0 Å². The van der Waals surface area contributed by atoms with Crippen LogP contribution in [0, 0.1) is 17.8 Å². The SMILES string of the molecule is CCC(C)C1CCC(C(=O)OC(C)c2ccc3c(ccc4ccc(S)cc43)c2)CC1. The first-order chi connectivity index (χ1) is 14.5. The highest BCUT2D eigenvalue weighted by Gasteiger charge is 2.30. The summed E-state index contributed by atoms with van der Waals surface area (Å²) in [4.78, 5) is 13.7. The van der Waals surface area contributed by atoms with Gasteiger partial charge in [0, 0.05) is 4.90 Å². The molecule has 0 bridgehead atoms. The van der Waals surface area contributed by atoms with Crippen LogP contribution in [0.25, 0.3) is 21.5 Å². The number of esters is 1. The Morgan fingerprint density at radius 2 is 1.67 bits per heavy atom. The molecule has 30 heavy (non-hydrogen) atoms. The first-order valence-corrected chi connectivity index (χ1v) is 11.8. The zero-order valence-corrected chi connectivity index (χ0v) is 19.1. The summed E-state index contributed by atoms with van der Waals surface area (Å²) >= 11 is 4.49. The van der Waals surface area contributed by atoms with Crippen molar-refractivity contribution < 1.29 is 9.53 Å². The molecule has 3 aromatic carbocycles. The highest BCUT2D eigenvalue weighted by molar-refractivity contribution is 7.80. The van der Waals surface area contributed by atoms with Crippen LogP contribution < -0.4 is 0 Å². The molecule has 1 aliphatic carbocycles. The van der Waals surface area contributed by atoms with Crippen LogP contribution in [0.2, 0.25) is 0 Å². The molecule has 1 saturated carbocycles. The van der Waals surface area contributed by atoms with Crippen LogP contribution in [0.15, 0.2) is 53.4 Å². The molecular formula is C27H32O2S. The Morgan fingerprint density at radius 1 is 0.967 bits per heavy atom. The lowest BCUT2D eigenvalue weighted by Crippen LogP contribution is -2.26. The smallest absolute Gasteiger partial charge is 0.309 e. The molecule has 0 radical (unpaired) electrons. The summed E-state index contributed by atoms with van der Waals surface area (Å²) in [5.41, 5.74) is 1.05. The molecule has 158 valence electrons. The topological polar surface area (TPSA) is 26.3 Å². The van der Waals surface area contributed by atoms with Gasteiger partial charge in [-0.25, -0.2) is 0 Å². The molecule has 0 aliphatic heterocycles. The molecule has 0 saturated heterocycles. The van der Waals surface area contributed by atoms with Gasteiger partial charge in [0.05, 0.1) is 5.92 Å². The van der Waals surface area contributed by atoms with Crippen LogP contribution in [-0.2, 0) is 9.53 Å². The number of hydrogen-bond acceptors (Lipinski definition) is 3. The first kappa shape index (κ1) is 21.2. The highest BCUT2D eigenvalue weighted by atomic mass is 32.1. The highest BCUT2D eigenvalue weighted by Crippen LogP contribution is 2.36. The van der Waals surface area contributed by atoms with E-state index in [4.69, 9.17) is 4.74 Å². The van der Waals surface area contributed by atoms with E-state index in [0.717, 1.165) is 53.4 Å². The van der Waals surface area contributed by atoms with Crippen LogP contribution in [0.1, 0.15) is 64.5 Å². The summed E-state index contributed by atoms with van der Waals surface area (Å²) in [5, 5.41) is 4.78. The zero-order valence-electron chi connectivity index (χ0n) is 18.2. The van der Waals surface area contributed by atoms with Crippen molar-refractivity contribution in [3.05, 3.63) is 54.1 Å². The second kappa shape index (κ2) is 9.01. The average Bonchev–Trinajstić information content (AvgIpc) is 2.78. The zero-order chi connectivity index (χ0) is 21.3. The van der Waals surface area contributed by atoms with Crippen LogP contribution in [0.5, 0.6) is 0 Å². The van der Waals surface area contributed by atoms with E-state index in [1.54, 1.807) is 0 Å². The number of carbonyl (C=O) groups is 1. The Hall–Kier alpha value is -2.00. The number of thiol groups is 1. The molecule has 0 amide bonds. The van der Waals surface area contributed by atoms with Gasteiger partial charge in [0.15, 0.2) is 0 Å². The van der Waals surface area contributed by atoms with Crippen molar-refractivity contribution in [2.24, 2.45) is 17.8 Å². The summed E-state index contributed by atoms with van der Waals surface area (Å²) in [5.74, 6) is 1.56. The van der Waals surface area contributed by atoms with E-state index in [2.05, 4.69) is 68.9 Å². The number of hydrogen-bond donors (Lipinski definition) is 1. The maximum atomic E-state index is 12.8. The van der Waals surface area contributed by atoms with Crippen LogP contribution >= 0.6 is 12.6 Å². The van der Waals surface area contributed by atoms with E-state index in [1.165, 1.54) is 22.6 Å². The van der Waals surface area contributed by atoms with Gasteiger partial charge in [-0.05, 0) is 89.8 Å². The van der Waals surface area contributed by atoms with Gasteiger partial charge in [0.25, 0.3) is 0 Å². The van der Waals surface area contributed by atoms with Crippen molar-refractivity contribution in [1.29, 1.82) is 0 Å². The van der Waals surface area contributed by atoms with Gasteiger partial charge >= 0.3 is 5.97 Å². The lowest BCUT2D eigenvalue weighted by Gasteiger charge is -2.31. The van der Waals surface area contributed by atoms with Crippen LogP contribution in [0.4, 0.5) is 0 Å². The number of rotatable bonds is 5. The monoisotopic (exact) mass is 420 g/mol. The standard InChI is InChI=1S/C27H32O2S/c1-4-17(2)19-5-8-21(9-6-19)27(28)29-18(3)22-12-14-25-23(15-22)10-7-20-11-13-24(30)16-26(20)25/h7,10-19,21,30H,4-6,8-9H2,1-3H3. The Morgan fingerprint density at radius 3 is 2.40 bits per heavy atom. The van der Waals surface area contributed by atoms with Crippen LogP contribution in [-0.4, -0.2) is 5.97 Å². The number of ether oxygens (including phenoxy) is 1. The molecule has 1 fully saturated rings. The average molecular weight is 421 g/mol. The second-order valence-corrected chi connectivity index (χ2v) is 9.54. The maximum absolute atomic E-state index is 12.8. The van der Waals surface area contributed by atoms with Gasteiger partial charge in [0.1, 0.15) is 6.10 Å². The van der Waals surface area contributed by atoms with E-state index in [0.29, 0.717) is 0 Å². The minimum Gasteiger partial charge on any atom is -0.458 e. The molecule has 2 unspecified atom stereocenters. The molecule has 0 spiro atoms. The molecule has 2 atom stereocenters. The Balaban J connectivity index is 1.46. The van der Waals surface area contributed by atoms with Gasteiger partial charge in [0.2, 0.25) is 0 Å². The Labute approximate surface area is 185 Å². The minimum atomic E-state index is -0.235. The molecule has 1 aliphatic rings. The van der Waals surface area contributed by atoms with Gasteiger partial charge < -0.3 is 4.74 Å². The first-order valence-electron chi connectivity index (χ1n) is 11.3. The van der Waals surface area contributed by atoms with E-state index >= 15 is 0 Å². The van der Waals surface area contributed by atoms with Gasteiger partial charge in [-0.3, -0.25) is 4.79 Å². The fourth-order valence-electron chi connectivity index (χ4n) is 4.92. The Bertz CT molecular complexity index is 1050. The van der Waals surface area contributed by atoms with Crippen molar-refractivity contribution >= 4 is 40.1 Å². The quantitative estimate of drug-likeness (QED) is 0.259. The van der Waals surface area contributed by atoms with Crippen molar-refractivity contribution in [2.45, 2.75) is 63.9 Å². The molecule has 0 aromatic heterocycles. The number of fused-ring (bicyclic) bond motifs is 3. The van der Waals surface area contributed by atoms with Gasteiger partial charge in [-0.1, -0.05) is 50.6 Å². The van der Waals surface area contributed by atoms with Gasteiger partial charge in [-0.15, -0.1) is 12.6 Å².